The molecule has 0 saturated heterocycles. The fourth-order valence-corrected chi connectivity index (χ4v) is 3.86. The smallest absolute Gasteiger partial charge is 0.369 e. The minimum atomic E-state index is -4.49. The van der Waals surface area contributed by atoms with Gasteiger partial charge in [-0.1, -0.05) is 0 Å². The first kappa shape index (κ1) is 18.0. The Morgan fingerprint density at radius 2 is 2.00 bits per heavy atom. The highest BCUT2D eigenvalue weighted by Crippen LogP contribution is 2.33. The van der Waals surface area contributed by atoms with E-state index >= 15 is 0 Å². The van der Waals surface area contributed by atoms with Crippen LogP contribution in [0.2, 0.25) is 0 Å². The molecule has 0 aliphatic carbocycles. The molecule has 2 aromatic rings. The number of halogens is 3. The Bertz CT molecular complexity index is 901. The summed E-state index contributed by atoms with van der Waals surface area (Å²) in [7, 11) is 1.71. The molecule has 10 heteroatoms. The number of fused-ring (bicyclic) bond motifs is 2. The second kappa shape index (κ2) is 6.08. The first-order chi connectivity index (χ1) is 12.6. The highest BCUT2D eigenvalue weighted by atomic mass is 19.4. The molecule has 0 unspecified atom stereocenters. The number of hydrogen-bond acceptors (Lipinski definition) is 4. The molecule has 2 aliphatic heterocycles. The molecule has 2 atom stereocenters. The Hall–Kier alpha value is -2.36. The van der Waals surface area contributed by atoms with Gasteiger partial charge < -0.3 is 9.64 Å². The average molecular weight is 383 g/mol. The maximum absolute atomic E-state index is 13.2. The lowest BCUT2D eigenvalue weighted by atomic mass is 9.99. The third-order valence-corrected chi connectivity index (χ3v) is 5.07. The second-order valence-electron chi connectivity index (χ2n) is 7.10. The zero-order valence-electron chi connectivity index (χ0n) is 15.2. The Labute approximate surface area is 153 Å². The highest BCUT2D eigenvalue weighted by Gasteiger charge is 2.37. The van der Waals surface area contributed by atoms with Crippen LogP contribution in [0.5, 0.6) is 0 Å². The number of aromatic nitrogens is 4. The van der Waals surface area contributed by atoms with Crippen LogP contribution in [0.1, 0.15) is 53.1 Å². The van der Waals surface area contributed by atoms with Gasteiger partial charge in [0.1, 0.15) is 5.69 Å². The Balaban J connectivity index is 1.63. The van der Waals surface area contributed by atoms with Gasteiger partial charge in [-0.2, -0.15) is 23.4 Å². The van der Waals surface area contributed by atoms with Gasteiger partial charge in [0.2, 0.25) is 0 Å². The van der Waals surface area contributed by atoms with Gasteiger partial charge in [0.15, 0.2) is 5.69 Å². The van der Waals surface area contributed by atoms with Gasteiger partial charge in [-0.15, -0.1) is 0 Å². The van der Waals surface area contributed by atoms with E-state index in [0.717, 1.165) is 17.3 Å². The zero-order valence-corrected chi connectivity index (χ0v) is 15.2. The van der Waals surface area contributed by atoms with Crippen molar-refractivity contribution in [2.45, 2.75) is 51.7 Å². The monoisotopic (exact) mass is 383 g/mol. The minimum Gasteiger partial charge on any atom is -0.369 e. The number of carbonyl (C=O) groups excluding carboxylic acids is 1. The van der Waals surface area contributed by atoms with Gasteiger partial charge in [-0.25, -0.2) is 0 Å². The van der Waals surface area contributed by atoms with E-state index < -0.39 is 11.9 Å². The molecule has 0 radical (unpaired) electrons. The van der Waals surface area contributed by atoms with Crippen LogP contribution in [0, 0.1) is 0 Å². The fraction of sp³-hybridized carbons (Fsp3) is 0.588. The molecular formula is C17H20F3N5O2. The van der Waals surface area contributed by atoms with Crippen LogP contribution in [0.3, 0.4) is 0 Å². The number of amides is 1. The lowest BCUT2D eigenvalue weighted by Crippen LogP contribution is -2.39. The minimum absolute atomic E-state index is 0.0274. The van der Waals surface area contributed by atoms with Gasteiger partial charge in [-0.05, 0) is 19.9 Å². The zero-order chi connectivity index (χ0) is 19.5. The number of rotatable bonds is 1. The predicted octanol–water partition coefficient (Wildman–Crippen LogP) is 2.31. The van der Waals surface area contributed by atoms with Crippen molar-refractivity contribution in [3.05, 3.63) is 34.4 Å². The van der Waals surface area contributed by atoms with E-state index in [4.69, 9.17) is 4.74 Å². The molecule has 0 spiro atoms. The molecule has 1 amide bonds. The van der Waals surface area contributed by atoms with Crippen molar-refractivity contribution in [1.82, 2.24) is 24.5 Å². The highest BCUT2D eigenvalue weighted by molar-refractivity contribution is 5.94. The maximum atomic E-state index is 13.2. The third-order valence-electron chi connectivity index (χ3n) is 5.07. The normalized spacial score (nSPS) is 22.5. The molecule has 4 heterocycles. The first-order valence-corrected chi connectivity index (χ1v) is 8.79. The van der Waals surface area contributed by atoms with E-state index in [2.05, 4.69) is 10.2 Å². The van der Waals surface area contributed by atoms with Gasteiger partial charge >= 0.3 is 6.18 Å². The molecule has 0 fully saturated rings. The van der Waals surface area contributed by atoms with E-state index in [0.29, 0.717) is 24.4 Å². The van der Waals surface area contributed by atoms with Crippen LogP contribution in [0.15, 0.2) is 6.07 Å². The molecule has 27 heavy (non-hydrogen) atoms. The van der Waals surface area contributed by atoms with Crippen molar-refractivity contribution < 1.29 is 22.7 Å². The number of carbonyl (C=O) groups is 1. The maximum Gasteiger partial charge on any atom is 0.435 e. The van der Waals surface area contributed by atoms with Crippen LogP contribution in [0.4, 0.5) is 13.2 Å². The molecule has 2 aromatic heterocycles. The summed E-state index contributed by atoms with van der Waals surface area (Å²) in [5, 5.41) is 8.05. The fourth-order valence-electron chi connectivity index (χ4n) is 3.86. The molecule has 0 aromatic carbocycles. The number of ether oxygens (including phenoxy) is 1. The van der Waals surface area contributed by atoms with Gasteiger partial charge in [0.25, 0.3) is 5.91 Å². The van der Waals surface area contributed by atoms with E-state index in [1.54, 1.807) is 16.6 Å². The number of hydrogen-bond donors (Lipinski definition) is 0. The van der Waals surface area contributed by atoms with Gasteiger partial charge in [0, 0.05) is 25.6 Å². The quantitative estimate of drug-likeness (QED) is 0.758. The first-order valence-electron chi connectivity index (χ1n) is 8.79. The molecule has 0 saturated carbocycles. The molecule has 7 nitrogen and oxygen atoms in total. The standard InChI is InChI=1S/C17H20F3N5O2/c1-9-6-12-14(10(2)27-9)22-23(3)15(12)16(26)24-4-5-25-11(8-24)7-13(21-25)17(18,19)20/h7,9-10H,4-6,8H2,1-3H3/t9-,10+/m1/s1. The third kappa shape index (κ3) is 3.01. The van der Waals surface area contributed by atoms with Crippen LogP contribution in [0.25, 0.3) is 0 Å². The average Bonchev–Trinajstić information content (AvgIpc) is 3.14. The molecule has 2 aliphatic rings. The SMILES string of the molecule is C[C@@H]1Cc2c(nn(C)c2C(=O)N2CCn3nc(C(F)(F)F)cc3C2)[C@H](C)O1. The van der Waals surface area contributed by atoms with Crippen molar-refractivity contribution in [1.29, 1.82) is 0 Å². The molecular weight excluding hydrogens is 363 g/mol. The van der Waals surface area contributed by atoms with E-state index in [-0.39, 0.29) is 31.2 Å². The molecule has 0 bridgehead atoms. The summed E-state index contributed by atoms with van der Waals surface area (Å²) in [5.74, 6) is -0.228. The second-order valence-corrected chi connectivity index (χ2v) is 7.10. The molecule has 146 valence electrons. The topological polar surface area (TPSA) is 65.2 Å². The van der Waals surface area contributed by atoms with Crippen molar-refractivity contribution in [3.63, 3.8) is 0 Å². The van der Waals surface area contributed by atoms with Crippen molar-refractivity contribution in [2.75, 3.05) is 6.54 Å². The van der Waals surface area contributed by atoms with Crippen molar-refractivity contribution >= 4 is 5.91 Å². The lowest BCUT2D eigenvalue weighted by molar-refractivity contribution is -0.141. The number of aryl methyl sites for hydroxylation is 1. The molecule has 0 N–H and O–H groups in total. The largest absolute Gasteiger partial charge is 0.435 e. The van der Waals surface area contributed by atoms with E-state index in [9.17, 15) is 18.0 Å². The summed E-state index contributed by atoms with van der Waals surface area (Å²) in [6.07, 6.45) is -4.14. The van der Waals surface area contributed by atoms with E-state index in [1.807, 2.05) is 13.8 Å². The Kier molecular flexibility index (Phi) is 4.06. The van der Waals surface area contributed by atoms with Crippen LogP contribution < -0.4 is 0 Å². The number of nitrogens with zero attached hydrogens (tertiary/aromatic N) is 5. The Morgan fingerprint density at radius 1 is 1.26 bits per heavy atom. The summed E-state index contributed by atoms with van der Waals surface area (Å²) < 4.78 is 47.3. The van der Waals surface area contributed by atoms with Gasteiger partial charge in [0.05, 0.1) is 36.7 Å². The van der Waals surface area contributed by atoms with Crippen LogP contribution in [-0.4, -0.2) is 43.0 Å². The summed E-state index contributed by atoms with van der Waals surface area (Å²) in [5.41, 5.74) is 1.55. The van der Waals surface area contributed by atoms with Crippen LogP contribution in [-0.2, 0) is 37.5 Å². The van der Waals surface area contributed by atoms with Crippen molar-refractivity contribution in [2.24, 2.45) is 7.05 Å². The summed E-state index contributed by atoms with van der Waals surface area (Å²) in [6, 6.07) is 1.01. The van der Waals surface area contributed by atoms with Crippen molar-refractivity contribution in [3.8, 4) is 0 Å². The lowest BCUT2D eigenvalue weighted by Gasteiger charge is -2.29. The van der Waals surface area contributed by atoms with E-state index in [1.165, 1.54) is 4.68 Å². The summed E-state index contributed by atoms with van der Waals surface area (Å²) in [6.45, 7) is 4.45. The summed E-state index contributed by atoms with van der Waals surface area (Å²) in [4.78, 5) is 14.7. The van der Waals surface area contributed by atoms with Crippen LogP contribution >= 0.6 is 0 Å². The predicted molar refractivity (Wildman–Crippen MR) is 87.8 cm³/mol. The Morgan fingerprint density at radius 3 is 2.70 bits per heavy atom. The molecule has 4 rings (SSSR count). The number of alkyl halides is 3. The van der Waals surface area contributed by atoms with Gasteiger partial charge in [-0.3, -0.25) is 14.2 Å². The summed E-state index contributed by atoms with van der Waals surface area (Å²) >= 11 is 0.